The second-order valence-corrected chi connectivity index (χ2v) is 7.18. The quantitative estimate of drug-likeness (QED) is 0.259. The van der Waals surface area contributed by atoms with Gasteiger partial charge in [-0.05, 0) is 18.3 Å². The van der Waals surface area contributed by atoms with E-state index < -0.39 is 10.4 Å². The maximum atomic E-state index is 8.96. The molecule has 2 unspecified atom stereocenters. The maximum Gasteiger partial charge on any atom is 1.00 e. The first-order valence-electron chi connectivity index (χ1n) is 9.09. The Kier molecular flexibility index (Phi) is 24.8. The summed E-state index contributed by atoms with van der Waals surface area (Å²) in [6, 6.07) is 0. The van der Waals surface area contributed by atoms with Crippen molar-refractivity contribution in [3.05, 3.63) is 0 Å². The number of aliphatic hydroxyl groups is 1. The molecule has 3 N–H and O–H groups in total. The van der Waals surface area contributed by atoms with Gasteiger partial charge in [0.25, 0.3) is 0 Å². The molecule has 0 aliphatic rings. The number of unbranched alkanes of at least 4 members (excludes halogenated alkanes) is 3. The van der Waals surface area contributed by atoms with Crippen molar-refractivity contribution in [2.45, 2.75) is 91.4 Å². The third-order valence-corrected chi connectivity index (χ3v) is 4.38. The number of hydrogen-bond acceptors (Lipinski definition) is 3. The average Bonchev–Trinajstić information content (AvgIpc) is 2.47. The molecule has 0 radical (unpaired) electrons. The van der Waals surface area contributed by atoms with Crippen LogP contribution < -0.4 is 29.6 Å². The van der Waals surface area contributed by atoms with Crippen LogP contribution in [0.15, 0.2) is 0 Å². The van der Waals surface area contributed by atoms with E-state index in [1.54, 1.807) is 0 Å². The molecule has 0 amide bonds. The molecule has 24 heavy (non-hydrogen) atoms. The molecule has 0 aromatic rings. The summed E-state index contributed by atoms with van der Waals surface area (Å²) in [6.45, 7) is 7.25. The third kappa shape index (κ3) is 27.7. The van der Waals surface area contributed by atoms with E-state index in [4.69, 9.17) is 22.6 Å². The van der Waals surface area contributed by atoms with Crippen molar-refractivity contribution in [1.29, 1.82) is 0 Å². The van der Waals surface area contributed by atoms with Gasteiger partial charge in [-0.2, -0.15) is 8.42 Å². The summed E-state index contributed by atoms with van der Waals surface area (Å²) >= 11 is 0. The van der Waals surface area contributed by atoms with Gasteiger partial charge in [0.05, 0.1) is 0 Å². The van der Waals surface area contributed by atoms with Gasteiger partial charge >= 0.3 is 40.0 Å². The minimum absolute atomic E-state index is 0. The fraction of sp³-hybridized carbons (Fsp3) is 1.00. The first-order valence-corrected chi connectivity index (χ1v) is 10.5. The molecule has 2 atom stereocenters. The predicted octanol–water partition coefficient (Wildman–Crippen LogP) is 2.03. The zero-order valence-corrected chi connectivity index (χ0v) is 19.0. The molecule has 0 heterocycles. The zero-order valence-electron chi connectivity index (χ0n) is 17.2. The van der Waals surface area contributed by atoms with Crippen LogP contribution in [-0.4, -0.2) is 29.2 Å². The van der Waals surface area contributed by atoms with Gasteiger partial charge in [-0.3, -0.25) is 9.11 Å². The van der Waals surface area contributed by atoms with Gasteiger partial charge < -0.3 is 6.53 Å². The summed E-state index contributed by atoms with van der Waals surface area (Å²) in [5.74, 6) is 1.74. The molecule has 0 aliphatic carbocycles. The molecule has 0 spiro atoms. The van der Waals surface area contributed by atoms with E-state index in [0.717, 1.165) is 18.3 Å². The van der Waals surface area contributed by atoms with E-state index >= 15 is 0 Å². The Bertz CT molecular complexity index is 334. The van der Waals surface area contributed by atoms with Crippen LogP contribution in [-0.2, 0) is 10.4 Å². The maximum absolute atomic E-state index is 8.96. The minimum Gasteiger partial charge on any atom is -1.00 e. The predicted molar refractivity (Wildman–Crippen MR) is 97.2 cm³/mol. The SMILES string of the molecule is CCCCC(CC)CCCCCC(CC)CCO.O=S(=O)(O)O.[H-].[Na+]. The topological polar surface area (TPSA) is 94.8 Å². The first-order chi connectivity index (χ1) is 10.8. The number of rotatable bonds is 13. The monoisotopic (exact) mass is 378 g/mol. The summed E-state index contributed by atoms with van der Waals surface area (Å²) < 4.78 is 31.6. The Morgan fingerprint density at radius 1 is 0.792 bits per heavy atom. The Morgan fingerprint density at radius 2 is 1.17 bits per heavy atom. The second kappa shape index (κ2) is 20.1. The van der Waals surface area contributed by atoms with Crippen molar-refractivity contribution in [3.8, 4) is 0 Å². The molecule has 0 fully saturated rings. The van der Waals surface area contributed by atoms with E-state index in [1.165, 1.54) is 64.2 Å². The van der Waals surface area contributed by atoms with Crippen LogP contribution >= 0.6 is 0 Å². The Labute approximate surface area is 173 Å². The normalized spacial score (nSPS) is 13.4. The number of hydrogen-bond donors (Lipinski definition) is 3. The summed E-state index contributed by atoms with van der Waals surface area (Å²) in [7, 11) is -4.67. The van der Waals surface area contributed by atoms with Gasteiger partial charge in [0.1, 0.15) is 0 Å². The Balaban J connectivity index is -0.000000276. The van der Waals surface area contributed by atoms with Crippen LogP contribution in [0.3, 0.4) is 0 Å². The molecule has 5 nitrogen and oxygen atoms in total. The van der Waals surface area contributed by atoms with Crippen LogP contribution in [0, 0.1) is 11.8 Å². The van der Waals surface area contributed by atoms with E-state index in [9.17, 15) is 0 Å². The van der Waals surface area contributed by atoms with Gasteiger partial charge in [0, 0.05) is 6.61 Å². The van der Waals surface area contributed by atoms with Gasteiger partial charge in [-0.1, -0.05) is 85.0 Å². The molecule has 0 saturated heterocycles. The molecule has 0 saturated carbocycles. The van der Waals surface area contributed by atoms with Crippen LogP contribution in [0.4, 0.5) is 0 Å². The van der Waals surface area contributed by atoms with Crippen molar-refractivity contribution in [1.82, 2.24) is 0 Å². The molecule has 0 bridgehead atoms. The van der Waals surface area contributed by atoms with Crippen molar-refractivity contribution in [2.24, 2.45) is 11.8 Å². The summed E-state index contributed by atoms with van der Waals surface area (Å²) in [5, 5.41) is 8.96. The van der Waals surface area contributed by atoms with Crippen molar-refractivity contribution in [2.75, 3.05) is 6.61 Å². The van der Waals surface area contributed by atoms with Crippen LogP contribution in [0.1, 0.15) is 92.8 Å². The fourth-order valence-electron chi connectivity index (χ4n) is 2.82. The molecule has 0 aliphatic heterocycles. The Hall–Kier alpha value is 0.830. The third-order valence-electron chi connectivity index (χ3n) is 4.38. The first kappa shape index (κ1) is 29.6. The van der Waals surface area contributed by atoms with Crippen molar-refractivity contribution < 1.29 is 53.6 Å². The standard InChI is InChI=1S/C17H36O.Na.H2O4S.H/c1-4-7-11-16(5-2)12-9-8-10-13-17(6-3)14-15-18;;1-5(2,3)4;/h16-18H,4-15H2,1-3H3;;(H2,1,2,3,4);/q;+1;;-1. The molecule has 7 heteroatoms. The zero-order chi connectivity index (χ0) is 18.1. The minimum atomic E-state index is -4.67. The van der Waals surface area contributed by atoms with E-state index in [0.29, 0.717) is 6.61 Å². The molecule has 144 valence electrons. The van der Waals surface area contributed by atoms with Gasteiger partial charge in [0.2, 0.25) is 0 Å². The Morgan fingerprint density at radius 3 is 1.50 bits per heavy atom. The van der Waals surface area contributed by atoms with Crippen LogP contribution in [0.5, 0.6) is 0 Å². The van der Waals surface area contributed by atoms with E-state index in [1.807, 2.05) is 0 Å². The van der Waals surface area contributed by atoms with E-state index in [2.05, 4.69) is 20.8 Å². The van der Waals surface area contributed by atoms with E-state index in [-0.39, 0.29) is 31.0 Å². The second-order valence-electron chi connectivity index (χ2n) is 6.29. The molecular formula is C17H39NaO5S. The van der Waals surface area contributed by atoms with Crippen molar-refractivity contribution >= 4 is 10.4 Å². The molecule has 0 rings (SSSR count). The number of aliphatic hydroxyl groups excluding tert-OH is 1. The van der Waals surface area contributed by atoms with Gasteiger partial charge in [-0.25, -0.2) is 0 Å². The van der Waals surface area contributed by atoms with Gasteiger partial charge in [0.15, 0.2) is 0 Å². The van der Waals surface area contributed by atoms with Crippen LogP contribution in [0.25, 0.3) is 0 Å². The summed E-state index contributed by atoms with van der Waals surface area (Å²) in [5.41, 5.74) is 0. The largest absolute Gasteiger partial charge is 1.00 e. The van der Waals surface area contributed by atoms with Crippen molar-refractivity contribution in [3.63, 3.8) is 0 Å². The van der Waals surface area contributed by atoms with Gasteiger partial charge in [-0.15, -0.1) is 0 Å². The molecule has 0 aromatic carbocycles. The summed E-state index contributed by atoms with van der Waals surface area (Å²) in [6.07, 6.45) is 14.7. The molecule has 0 aromatic heterocycles. The average molecular weight is 379 g/mol. The summed E-state index contributed by atoms with van der Waals surface area (Å²) in [4.78, 5) is 0. The molecular weight excluding hydrogens is 339 g/mol. The van der Waals surface area contributed by atoms with Crippen LogP contribution in [0.2, 0.25) is 0 Å². The fourth-order valence-corrected chi connectivity index (χ4v) is 2.82. The smallest absolute Gasteiger partial charge is 1.00 e.